The molecule has 1 aliphatic rings. The summed E-state index contributed by atoms with van der Waals surface area (Å²) in [6.45, 7) is 1.97. The molecule has 2 N–H and O–H groups in total. The molecule has 0 bridgehead atoms. The van der Waals surface area contributed by atoms with E-state index in [-0.39, 0.29) is 24.3 Å². The van der Waals surface area contributed by atoms with Crippen molar-refractivity contribution in [1.82, 2.24) is 15.0 Å². The van der Waals surface area contributed by atoms with E-state index in [1.165, 1.54) is 0 Å². The smallest absolute Gasteiger partial charge is 0.358 e. The standard InChI is InChI=1S/C10H15N3O3/c1-6(4-5-14)13-9(7-2-3-7)8(10(15)16)11-12-13/h6-7,14H,2-5H2,1H3,(H,15,16). The zero-order valence-electron chi connectivity index (χ0n) is 9.13. The Morgan fingerprint density at radius 3 is 2.81 bits per heavy atom. The van der Waals surface area contributed by atoms with E-state index in [4.69, 9.17) is 10.2 Å². The lowest BCUT2D eigenvalue weighted by Gasteiger charge is -2.13. The molecule has 1 fully saturated rings. The molecule has 1 aromatic heterocycles. The largest absolute Gasteiger partial charge is 0.476 e. The highest BCUT2D eigenvalue weighted by atomic mass is 16.4. The number of aliphatic hydroxyl groups is 1. The van der Waals surface area contributed by atoms with Gasteiger partial charge in [0.1, 0.15) is 0 Å². The van der Waals surface area contributed by atoms with Gasteiger partial charge in [0.2, 0.25) is 0 Å². The summed E-state index contributed by atoms with van der Waals surface area (Å²) in [6, 6.07) is -0.0128. The minimum atomic E-state index is -1.02. The molecule has 0 aliphatic heterocycles. The van der Waals surface area contributed by atoms with Crippen LogP contribution in [0, 0.1) is 0 Å². The first-order valence-corrected chi connectivity index (χ1v) is 5.44. The van der Waals surface area contributed by atoms with Crippen LogP contribution in [-0.4, -0.2) is 37.8 Å². The van der Waals surface area contributed by atoms with Gasteiger partial charge in [0, 0.05) is 12.5 Å². The van der Waals surface area contributed by atoms with Gasteiger partial charge in [0.25, 0.3) is 0 Å². The normalized spacial score (nSPS) is 17.4. The number of carboxylic acid groups (broad SMARTS) is 1. The molecule has 2 rings (SSSR count). The van der Waals surface area contributed by atoms with Crippen molar-refractivity contribution in [2.75, 3.05) is 6.61 Å². The summed E-state index contributed by atoms with van der Waals surface area (Å²) in [7, 11) is 0. The van der Waals surface area contributed by atoms with Crippen molar-refractivity contribution in [1.29, 1.82) is 0 Å². The maximum Gasteiger partial charge on any atom is 0.358 e. The SMILES string of the molecule is CC(CCO)n1nnc(C(=O)O)c1C1CC1. The van der Waals surface area contributed by atoms with Crippen molar-refractivity contribution in [3.05, 3.63) is 11.4 Å². The van der Waals surface area contributed by atoms with Crippen LogP contribution in [0.4, 0.5) is 0 Å². The summed E-state index contributed by atoms with van der Waals surface area (Å²) < 4.78 is 1.65. The molecule has 1 atom stereocenters. The predicted molar refractivity (Wildman–Crippen MR) is 55.4 cm³/mol. The van der Waals surface area contributed by atoms with Gasteiger partial charge in [-0.3, -0.25) is 0 Å². The van der Waals surface area contributed by atoms with Crippen LogP contribution in [-0.2, 0) is 0 Å². The van der Waals surface area contributed by atoms with Crippen LogP contribution in [0.1, 0.15) is 54.3 Å². The fourth-order valence-corrected chi connectivity index (χ4v) is 1.83. The van der Waals surface area contributed by atoms with Crippen LogP contribution in [0.5, 0.6) is 0 Å². The maximum atomic E-state index is 11.0. The van der Waals surface area contributed by atoms with Gasteiger partial charge >= 0.3 is 5.97 Å². The average molecular weight is 225 g/mol. The van der Waals surface area contributed by atoms with E-state index in [1.54, 1.807) is 4.68 Å². The summed E-state index contributed by atoms with van der Waals surface area (Å²) in [5.74, 6) is -0.744. The van der Waals surface area contributed by atoms with Crippen LogP contribution in [0.15, 0.2) is 0 Å². The zero-order valence-corrected chi connectivity index (χ0v) is 9.13. The Hall–Kier alpha value is -1.43. The minimum absolute atomic E-state index is 0.0128. The molecule has 88 valence electrons. The molecule has 1 heterocycles. The summed E-state index contributed by atoms with van der Waals surface area (Å²) in [4.78, 5) is 11.0. The molecule has 1 aromatic rings. The zero-order chi connectivity index (χ0) is 11.7. The lowest BCUT2D eigenvalue weighted by molar-refractivity contribution is 0.0689. The van der Waals surface area contributed by atoms with Crippen molar-refractivity contribution < 1.29 is 15.0 Å². The molecule has 6 heteroatoms. The van der Waals surface area contributed by atoms with Crippen molar-refractivity contribution in [3.8, 4) is 0 Å². The maximum absolute atomic E-state index is 11.0. The Morgan fingerprint density at radius 1 is 1.62 bits per heavy atom. The topological polar surface area (TPSA) is 88.2 Å². The number of hydrogen-bond donors (Lipinski definition) is 2. The first-order chi connectivity index (χ1) is 7.65. The van der Waals surface area contributed by atoms with E-state index in [2.05, 4.69) is 10.3 Å². The third-order valence-electron chi connectivity index (χ3n) is 2.86. The van der Waals surface area contributed by atoms with E-state index < -0.39 is 5.97 Å². The van der Waals surface area contributed by atoms with Crippen molar-refractivity contribution in [2.24, 2.45) is 0 Å². The second-order valence-corrected chi connectivity index (χ2v) is 4.21. The molecular formula is C10H15N3O3. The fourth-order valence-electron chi connectivity index (χ4n) is 1.83. The quantitative estimate of drug-likeness (QED) is 0.773. The molecule has 0 amide bonds. The van der Waals surface area contributed by atoms with Crippen molar-refractivity contribution in [2.45, 2.75) is 38.1 Å². The first-order valence-electron chi connectivity index (χ1n) is 5.44. The van der Waals surface area contributed by atoms with Crippen molar-refractivity contribution >= 4 is 5.97 Å². The van der Waals surface area contributed by atoms with Gasteiger partial charge < -0.3 is 10.2 Å². The number of aliphatic hydroxyl groups excluding tert-OH is 1. The number of rotatable bonds is 5. The number of carbonyl (C=O) groups is 1. The third kappa shape index (κ3) is 1.92. The van der Waals surface area contributed by atoms with E-state index in [0.29, 0.717) is 12.1 Å². The third-order valence-corrected chi connectivity index (χ3v) is 2.86. The Labute approximate surface area is 92.9 Å². The van der Waals surface area contributed by atoms with E-state index >= 15 is 0 Å². The van der Waals surface area contributed by atoms with Crippen LogP contribution in [0.3, 0.4) is 0 Å². The van der Waals surface area contributed by atoms with Gasteiger partial charge in [0.05, 0.1) is 11.7 Å². The Bertz CT molecular complexity index is 398. The number of hydrogen-bond acceptors (Lipinski definition) is 4. The number of nitrogens with zero attached hydrogens (tertiary/aromatic N) is 3. The summed E-state index contributed by atoms with van der Waals surface area (Å²) in [5, 5.41) is 25.5. The van der Waals surface area contributed by atoms with E-state index in [0.717, 1.165) is 12.8 Å². The molecular weight excluding hydrogens is 210 g/mol. The van der Waals surface area contributed by atoms with Crippen LogP contribution in [0.2, 0.25) is 0 Å². The Morgan fingerprint density at radius 2 is 2.31 bits per heavy atom. The molecule has 0 radical (unpaired) electrons. The van der Waals surface area contributed by atoms with Gasteiger partial charge in [-0.25, -0.2) is 9.48 Å². The molecule has 6 nitrogen and oxygen atoms in total. The van der Waals surface area contributed by atoms with Gasteiger partial charge in [-0.05, 0) is 26.2 Å². The molecule has 0 aromatic carbocycles. The molecule has 16 heavy (non-hydrogen) atoms. The van der Waals surface area contributed by atoms with Crippen LogP contribution < -0.4 is 0 Å². The monoisotopic (exact) mass is 225 g/mol. The highest BCUT2D eigenvalue weighted by molar-refractivity contribution is 5.86. The molecule has 0 saturated heterocycles. The second-order valence-electron chi connectivity index (χ2n) is 4.21. The number of aromatic nitrogens is 3. The Balaban J connectivity index is 2.33. The molecule has 1 unspecified atom stereocenters. The number of aromatic carboxylic acids is 1. The predicted octanol–water partition coefficient (Wildman–Crippen LogP) is 0.797. The second kappa shape index (κ2) is 4.21. The van der Waals surface area contributed by atoms with Gasteiger partial charge in [-0.2, -0.15) is 0 Å². The highest BCUT2D eigenvalue weighted by Crippen LogP contribution is 2.42. The fraction of sp³-hybridized carbons (Fsp3) is 0.700. The van der Waals surface area contributed by atoms with E-state index in [1.807, 2.05) is 6.92 Å². The summed E-state index contributed by atoms with van der Waals surface area (Å²) in [6.07, 6.45) is 2.56. The lowest BCUT2D eigenvalue weighted by Crippen LogP contribution is -2.13. The average Bonchev–Trinajstić information content (AvgIpc) is 2.96. The first kappa shape index (κ1) is 11.1. The molecule has 1 aliphatic carbocycles. The Kier molecular flexibility index (Phi) is 2.91. The van der Waals surface area contributed by atoms with Crippen LogP contribution in [0.25, 0.3) is 0 Å². The van der Waals surface area contributed by atoms with Crippen LogP contribution >= 0.6 is 0 Å². The van der Waals surface area contributed by atoms with Gasteiger partial charge in [-0.15, -0.1) is 5.10 Å². The van der Waals surface area contributed by atoms with Crippen molar-refractivity contribution in [3.63, 3.8) is 0 Å². The van der Waals surface area contributed by atoms with Gasteiger partial charge in [0.15, 0.2) is 5.69 Å². The molecule has 1 saturated carbocycles. The van der Waals surface area contributed by atoms with Gasteiger partial charge in [-0.1, -0.05) is 5.21 Å². The minimum Gasteiger partial charge on any atom is -0.476 e. The van der Waals surface area contributed by atoms with E-state index in [9.17, 15) is 4.79 Å². The molecule has 0 spiro atoms. The summed E-state index contributed by atoms with van der Waals surface area (Å²) in [5.41, 5.74) is 0.778. The highest BCUT2D eigenvalue weighted by Gasteiger charge is 2.34. The lowest BCUT2D eigenvalue weighted by atomic mass is 10.2. The number of carboxylic acids is 1. The summed E-state index contributed by atoms with van der Waals surface area (Å²) >= 11 is 0.